The summed E-state index contributed by atoms with van der Waals surface area (Å²) in [6.45, 7) is 3.32. The van der Waals surface area contributed by atoms with Crippen molar-refractivity contribution in [2.45, 2.75) is 13.5 Å². The number of hydrogen-bond donors (Lipinski definition) is 2. The largest absolute Gasteiger partial charge is 0.301 e. The van der Waals surface area contributed by atoms with E-state index in [1.54, 1.807) is 12.4 Å². The first-order valence-corrected chi connectivity index (χ1v) is 5.21. The van der Waals surface area contributed by atoms with Crippen LogP contribution in [0.25, 0.3) is 0 Å². The van der Waals surface area contributed by atoms with Gasteiger partial charge >= 0.3 is 0 Å². The van der Waals surface area contributed by atoms with Crippen molar-refractivity contribution in [3.05, 3.63) is 30.1 Å². The topological polar surface area (TPSA) is 71.2 Å². The highest BCUT2D eigenvalue weighted by Crippen LogP contribution is 2.04. The number of carbonyl (C=O) groups is 1. The van der Waals surface area contributed by atoms with Crippen molar-refractivity contribution < 1.29 is 4.79 Å². The molecule has 0 aromatic carbocycles. The van der Waals surface area contributed by atoms with Gasteiger partial charge < -0.3 is 4.90 Å². The van der Waals surface area contributed by atoms with Crippen molar-refractivity contribution in [1.29, 1.82) is 0 Å². The van der Waals surface area contributed by atoms with E-state index in [9.17, 15) is 4.79 Å². The highest BCUT2D eigenvalue weighted by atomic mass is 16.2. The van der Waals surface area contributed by atoms with E-state index in [1.807, 2.05) is 26.1 Å². The number of pyridine rings is 1. The molecule has 0 aliphatic rings. The molecule has 1 amide bonds. The van der Waals surface area contributed by atoms with Crippen LogP contribution in [0.5, 0.6) is 0 Å². The number of hydrogen-bond acceptors (Lipinski definition) is 4. The van der Waals surface area contributed by atoms with Crippen LogP contribution in [-0.4, -0.2) is 29.4 Å². The molecule has 5 heteroatoms. The van der Waals surface area contributed by atoms with Crippen LogP contribution in [0.15, 0.2) is 24.5 Å². The van der Waals surface area contributed by atoms with Crippen LogP contribution in [0.3, 0.4) is 0 Å². The fraction of sp³-hybridized carbons (Fsp3) is 0.455. The number of nitrogens with one attached hydrogen (secondary N) is 1. The Morgan fingerprint density at radius 1 is 1.56 bits per heavy atom. The molecule has 1 aromatic heterocycles. The average molecular weight is 222 g/mol. The van der Waals surface area contributed by atoms with Crippen LogP contribution in [0.2, 0.25) is 0 Å². The molecule has 0 radical (unpaired) electrons. The molecule has 0 saturated heterocycles. The van der Waals surface area contributed by atoms with Gasteiger partial charge in [-0.05, 0) is 24.7 Å². The van der Waals surface area contributed by atoms with Gasteiger partial charge in [-0.2, -0.15) is 0 Å². The maximum atomic E-state index is 11.2. The number of amides is 1. The summed E-state index contributed by atoms with van der Waals surface area (Å²) in [4.78, 5) is 17.3. The van der Waals surface area contributed by atoms with Crippen molar-refractivity contribution in [1.82, 2.24) is 15.3 Å². The van der Waals surface area contributed by atoms with Crippen LogP contribution >= 0.6 is 0 Å². The highest BCUT2D eigenvalue weighted by molar-refractivity contribution is 5.77. The first-order valence-electron chi connectivity index (χ1n) is 5.21. The van der Waals surface area contributed by atoms with Gasteiger partial charge in [0.05, 0.1) is 0 Å². The molecule has 3 N–H and O–H groups in total. The Morgan fingerprint density at radius 2 is 2.19 bits per heavy atom. The second-order valence-corrected chi connectivity index (χ2v) is 3.96. The zero-order valence-corrected chi connectivity index (χ0v) is 9.68. The fourth-order valence-electron chi connectivity index (χ4n) is 1.56. The molecule has 0 aliphatic heterocycles. The van der Waals surface area contributed by atoms with E-state index >= 15 is 0 Å². The van der Waals surface area contributed by atoms with Gasteiger partial charge in [-0.1, -0.05) is 6.92 Å². The van der Waals surface area contributed by atoms with Gasteiger partial charge in [-0.3, -0.25) is 15.2 Å². The Hall–Kier alpha value is -1.46. The first kappa shape index (κ1) is 12.6. The fourth-order valence-corrected chi connectivity index (χ4v) is 1.56. The maximum absolute atomic E-state index is 11.2. The SMILES string of the molecule is CC(CN(C)Cc1ccncc1)C(=O)NN. The van der Waals surface area contributed by atoms with E-state index in [0.717, 1.165) is 6.54 Å². The lowest BCUT2D eigenvalue weighted by Gasteiger charge is -2.20. The van der Waals surface area contributed by atoms with Gasteiger partial charge in [0.2, 0.25) is 5.91 Å². The molecule has 1 unspecified atom stereocenters. The summed E-state index contributed by atoms with van der Waals surface area (Å²) >= 11 is 0. The average Bonchev–Trinajstić information content (AvgIpc) is 2.29. The highest BCUT2D eigenvalue weighted by Gasteiger charge is 2.13. The monoisotopic (exact) mass is 222 g/mol. The zero-order chi connectivity index (χ0) is 12.0. The summed E-state index contributed by atoms with van der Waals surface area (Å²) in [6.07, 6.45) is 3.53. The molecule has 1 atom stereocenters. The lowest BCUT2D eigenvalue weighted by Crippen LogP contribution is -2.39. The molecule has 0 fully saturated rings. The number of carbonyl (C=O) groups excluding carboxylic acids is 1. The van der Waals surface area contributed by atoms with Crippen molar-refractivity contribution in [2.75, 3.05) is 13.6 Å². The summed E-state index contributed by atoms with van der Waals surface area (Å²) in [7, 11) is 1.97. The van der Waals surface area contributed by atoms with E-state index in [0.29, 0.717) is 6.54 Å². The Morgan fingerprint density at radius 3 is 2.75 bits per heavy atom. The minimum Gasteiger partial charge on any atom is -0.301 e. The molecule has 5 nitrogen and oxygen atoms in total. The first-order chi connectivity index (χ1) is 7.63. The summed E-state index contributed by atoms with van der Waals surface area (Å²) in [6, 6.07) is 3.92. The minimum atomic E-state index is -0.137. The molecule has 1 aromatic rings. The van der Waals surface area contributed by atoms with Crippen LogP contribution in [0.4, 0.5) is 0 Å². The molecule has 0 aliphatic carbocycles. The van der Waals surface area contributed by atoms with Crippen molar-refractivity contribution in [3.8, 4) is 0 Å². The lowest BCUT2D eigenvalue weighted by molar-refractivity contribution is -0.125. The minimum absolute atomic E-state index is 0.114. The van der Waals surface area contributed by atoms with E-state index in [1.165, 1.54) is 5.56 Å². The molecule has 1 rings (SSSR count). The molecule has 88 valence electrons. The second kappa shape index (κ2) is 6.19. The van der Waals surface area contributed by atoms with Gasteiger partial charge in [-0.15, -0.1) is 0 Å². The number of aromatic nitrogens is 1. The third-order valence-corrected chi connectivity index (χ3v) is 2.38. The Labute approximate surface area is 95.6 Å². The van der Waals surface area contributed by atoms with E-state index < -0.39 is 0 Å². The smallest absolute Gasteiger partial charge is 0.237 e. The zero-order valence-electron chi connectivity index (χ0n) is 9.68. The summed E-state index contributed by atoms with van der Waals surface area (Å²) in [5.41, 5.74) is 3.34. The summed E-state index contributed by atoms with van der Waals surface area (Å²) in [5, 5.41) is 0. The molecule has 16 heavy (non-hydrogen) atoms. The molecule has 0 bridgehead atoms. The molecule has 1 heterocycles. The number of nitrogens with zero attached hydrogens (tertiary/aromatic N) is 2. The van der Waals surface area contributed by atoms with Crippen LogP contribution in [0.1, 0.15) is 12.5 Å². The number of nitrogens with two attached hydrogens (primary N) is 1. The van der Waals surface area contributed by atoms with E-state index in [-0.39, 0.29) is 11.8 Å². The normalized spacial score (nSPS) is 12.5. The number of hydrazine groups is 1. The third-order valence-electron chi connectivity index (χ3n) is 2.38. The molecule has 0 spiro atoms. The Bertz CT molecular complexity index is 328. The predicted octanol–water partition coefficient (Wildman–Crippen LogP) is 0.139. The molecular weight excluding hydrogens is 204 g/mol. The van der Waals surface area contributed by atoms with Crippen LogP contribution < -0.4 is 11.3 Å². The molecule has 0 saturated carbocycles. The summed E-state index contributed by atoms with van der Waals surface area (Å²) < 4.78 is 0. The summed E-state index contributed by atoms with van der Waals surface area (Å²) in [5.74, 6) is 4.82. The van der Waals surface area contributed by atoms with Gasteiger partial charge in [0.15, 0.2) is 0 Å². The Balaban J connectivity index is 2.42. The third kappa shape index (κ3) is 3.96. The van der Waals surface area contributed by atoms with Gasteiger partial charge in [0, 0.05) is 31.4 Å². The van der Waals surface area contributed by atoms with Gasteiger partial charge in [-0.25, -0.2) is 5.84 Å². The molecular formula is C11H18N4O. The van der Waals surface area contributed by atoms with Crippen LogP contribution in [0, 0.1) is 5.92 Å². The van der Waals surface area contributed by atoms with Crippen LogP contribution in [-0.2, 0) is 11.3 Å². The lowest BCUT2D eigenvalue weighted by atomic mass is 10.1. The van der Waals surface area contributed by atoms with Crippen molar-refractivity contribution in [3.63, 3.8) is 0 Å². The number of rotatable bonds is 5. The van der Waals surface area contributed by atoms with Crippen molar-refractivity contribution >= 4 is 5.91 Å². The standard InChI is InChI=1S/C11H18N4O/c1-9(11(16)14-12)7-15(2)8-10-3-5-13-6-4-10/h3-6,9H,7-8,12H2,1-2H3,(H,14,16). The maximum Gasteiger partial charge on any atom is 0.237 e. The second-order valence-electron chi connectivity index (χ2n) is 3.96. The van der Waals surface area contributed by atoms with E-state index in [2.05, 4.69) is 15.3 Å². The predicted molar refractivity (Wildman–Crippen MR) is 62.1 cm³/mol. The van der Waals surface area contributed by atoms with E-state index in [4.69, 9.17) is 5.84 Å². The Kier molecular flexibility index (Phi) is 4.88. The van der Waals surface area contributed by atoms with Gasteiger partial charge in [0.1, 0.15) is 0 Å². The van der Waals surface area contributed by atoms with Crippen molar-refractivity contribution in [2.24, 2.45) is 11.8 Å². The van der Waals surface area contributed by atoms with Gasteiger partial charge in [0.25, 0.3) is 0 Å². The quantitative estimate of drug-likeness (QED) is 0.422.